The predicted octanol–water partition coefficient (Wildman–Crippen LogP) is 2.39. The van der Waals surface area contributed by atoms with Crippen molar-refractivity contribution in [2.75, 3.05) is 25.0 Å². The maximum atomic E-state index is 13.2. The van der Waals surface area contributed by atoms with Gasteiger partial charge in [-0.2, -0.15) is 0 Å². The standard InChI is InChI=1S/C27H32BN5O6/c1-3-9-33(10-4-2)26(35)18-11-16-5-6-17(12-22(16)32-24(29)13-18)25(34)30-15-23-20-8-7-19(31-27(36)37)14-21(20)28(38)39-23/h5-8,11-12,14,23,31,38H,3-4,9-10,13,15H2,1-2H3,(H2,29,32)(H,30,34)(H,36,37). The van der Waals surface area contributed by atoms with Gasteiger partial charge < -0.3 is 30.7 Å². The van der Waals surface area contributed by atoms with Crippen molar-refractivity contribution in [3.8, 4) is 0 Å². The molecule has 2 aromatic rings. The lowest BCUT2D eigenvalue weighted by Gasteiger charge is -2.22. The SMILES string of the molecule is CCCN(CCC)C(=O)C1=Cc2ccc(C(=O)NCC3OB(O)c4cc(NC(=O)O)ccc43)cc2N=C(N)C1. The molecule has 204 valence electrons. The van der Waals surface area contributed by atoms with Crippen LogP contribution in [0.15, 0.2) is 47.0 Å². The Hall–Kier alpha value is -4.16. The molecule has 0 aliphatic carbocycles. The van der Waals surface area contributed by atoms with Crippen LogP contribution in [0.3, 0.4) is 0 Å². The highest BCUT2D eigenvalue weighted by atomic mass is 16.5. The van der Waals surface area contributed by atoms with Gasteiger partial charge in [0.15, 0.2) is 0 Å². The number of hydrogen-bond acceptors (Lipinski definition) is 7. The normalized spacial score (nSPS) is 15.9. The molecule has 2 heterocycles. The summed E-state index contributed by atoms with van der Waals surface area (Å²) in [6.07, 6.45) is 1.90. The molecule has 2 aliphatic rings. The molecule has 39 heavy (non-hydrogen) atoms. The number of nitrogens with zero attached hydrogens (tertiary/aromatic N) is 2. The molecule has 0 saturated heterocycles. The van der Waals surface area contributed by atoms with Crippen LogP contribution in [-0.2, 0) is 9.45 Å². The molecule has 1 atom stereocenters. The second-order valence-corrected chi connectivity index (χ2v) is 9.48. The summed E-state index contributed by atoms with van der Waals surface area (Å²) in [4.78, 5) is 43.3. The number of fused-ring (bicyclic) bond motifs is 2. The summed E-state index contributed by atoms with van der Waals surface area (Å²) in [6, 6.07) is 9.74. The highest BCUT2D eigenvalue weighted by molar-refractivity contribution is 6.62. The lowest BCUT2D eigenvalue weighted by molar-refractivity contribution is -0.127. The monoisotopic (exact) mass is 533 g/mol. The number of aliphatic imine (C=N–C) groups is 1. The lowest BCUT2D eigenvalue weighted by Crippen LogP contribution is -2.34. The molecule has 2 aromatic carbocycles. The second-order valence-electron chi connectivity index (χ2n) is 9.48. The van der Waals surface area contributed by atoms with E-state index in [1.54, 1.807) is 36.4 Å². The number of carbonyl (C=O) groups is 3. The quantitative estimate of drug-likeness (QED) is 0.309. The average molecular weight is 533 g/mol. The summed E-state index contributed by atoms with van der Waals surface area (Å²) in [6.45, 7) is 5.48. The van der Waals surface area contributed by atoms with Crippen LogP contribution in [-0.4, -0.2) is 65.5 Å². The number of hydrogen-bond donors (Lipinski definition) is 5. The Labute approximate surface area is 226 Å². The Morgan fingerprint density at radius 1 is 1.15 bits per heavy atom. The Morgan fingerprint density at radius 3 is 2.59 bits per heavy atom. The number of amidine groups is 1. The summed E-state index contributed by atoms with van der Waals surface area (Å²) >= 11 is 0. The minimum absolute atomic E-state index is 0.0589. The van der Waals surface area contributed by atoms with Gasteiger partial charge in [0.1, 0.15) is 5.84 Å². The van der Waals surface area contributed by atoms with Gasteiger partial charge in [0.25, 0.3) is 5.91 Å². The van der Waals surface area contributed by atoms with Crippen molar-refractivity contribution in [3.05, 3.63) is 58.7 Å². The molecule has 4 rings (SSSR count). The smallest absolute Gasteiger partial charge is 0.465 e. The van der Waals surface area contributed by atoms with Crippen LogP contribution >= 0.6 is 0 Å². The first-order valence-corrected chi connectivity index (χ1v) is 12.9. The van der Waals surface area contributed by atoms with Crippen molar-refractivity contribution < 1.29 is 29.2 Å². The molecule has 2 aliphatic heterocycles. The van der Waals surface area contributed by atoms with Crippen LogP contribution in [0, 0.1) is 0 Å². The van der Waals surface area contributed by atoms with E-state index in [0.717, 1.165) is 12.8 Å². The molecule has 3 amide bonds. The molecule has 1 unspecified atom stereocenters. The predicted molar refractivity (Wildman–Crippen MR) is 149 cm³/mol. The number of rotatable bonds is 9. The van der Waals surface area contributed by atoms with Crippen molar-refractivity contribution in [1.29, 1.82) is 0 Å². The maximum absolute atomic E-state index is 13.2. The van der Waals surface area contributed by atoms with E-state index in [0.29, 0.717) is 58.0 Å². The van der Waals surface area contributed by atoms with E-state index in [1.807, 2.05) is 18.7 Å². The van der Waals surface area contributed by atoms with E-state index in [9.17, 15) is 19.4 Å². The minimum Gasteiger partial charge on any atom is -0.465 e. The van der Waals surface area contributed by atoms with E-state index in [2.05, 4.69) is 15.6 Å². The largest absolute Gasteiger partial charge is 0.492 e. The van der Waals surface area contributed by atoms with Crippen LogP contribution in [0.25, 0.3) is 6.08 Å². The zero-order chi connectivity index (χ0) is 28.1. The van der Waals surface area contributed by atoms with Crippen molar-refractivity contribution in [1.82, 2.24) is 10.2 Å². The van der Waals surface area contributed by atoms with Gasteiger partial charge in [-0.05, 0) is 54.2 Å². The fourth-order valence-electron chi connectivity index (χ4n) is 4.76. The third-order valence-electron chi connectivity index (χ3n) is 6.50. The van der Waals surface area contributed by atoms with E-state index < -0.39 is 19.3 Å². The van der Waals surface area contributed by atoms with E-state index in [-0.39, 0.29) is 24.8 Å². The number of anilines is 1. The number of carboxylic acid groups (broad SMARTS) is 1. The Kier molecular flexibility index (Phi) is 8.67. The summed E-state index contributed by atoms with van der Waals surface area (Å²) in [5, 5.41) is 24.2. The number of benzene rings is 2. The third-order valence-corrected chi connectivity index (χ3v) is 6.50. The summed E-state index contributed by atoms with van der Waals surface area (Å²) in [5.74, 6) is -0.138. The number of carbonyl (C=O) groups excluding carboxylic acids is 2. The molecule has 0 spiro atoms. The lowest BCUT2D eigenvalue weighted by atomic mass is 9.79. The van der Waals surface area contributed by atoms with Gasteiger partial charge in [0.2, 0.25) is 5.91 Å². The molecular formula is C27H32BN5O6. The maximum Gasteiger partial charge on any atom is 0.492 e. The molecule has 12 heteroatoms. The van der Waals surface area contributed by atoms with Crippen LogP contribution in [0.4, 0.5) is 16.2 Å². The van der Waals surface area contributed by atoms with Gasteiger partial charge in [-0.1, -0.05) is 26.0 Å². The number of nitrogens with one attached hydrogen (secondary N) is 2. The molecule has 0 saturated carbocycles. The van der Waals surface area contributed by atoms with Gasteiger partial charge in [-0.3, -0.25) is 14.9 Å². The Balaban J connectivity index is 1.48. The minimum atomic E-state index is -1.24. The van der Waals surface area contributed by atoms with Crippen molar-refractivity contribution in [2.45, 2.75) is 39.2 Å². The van der Waals surface area contributed by atoms with Gasteiger partial charge in [-0.25, -0.2) is 9.79 Å². The van der Waals surface area contributed by atoms with Crippen molar-refractivity contribution in [3.63, 3.8) is 0 Å². The zero-order valence-corrected chi connectivity index (χ0v) is 21.9. The molecule has 6 N–H and O–H groups in total. The van der Waals surface area contributed by atoms with Gasteiger partial charge in [0.05, 0.1) is 11.8 Å². The average Bonchev–Trinajstić information content (AvgIpc) is 3.10. The fourth-order valence-corrected chi connectivity index (χ4v) is 4.76. The summed E-state index contributed by atoms with van der Waals surface area (Å²) in [5.41, 5.74) is 9.65. The van der Waals surface area contributed by atoms with E-state index in [1.165, 1.54) is 6.07 Å². The first-order chi connectivity index (χ1) is 18.7. The van der Waals surface area contributed by atoms with Gasteiger partial charge in [-0.15, -0.1) is 0 Å². The molecule has 0 fully saturated rings. The topological polar surface area (TPSA) is 167 Å². The molecule has 11 nitrogen and oxygen atoms in total. The van der Waals surface area contributed by atoms with E-state index in [4.69, 9.17) is 15.5 Å². The van der Waals surface area contributed by atoms with Crippen LogP contribution in [0.1, 0.15) is 60.7 Å². The fraction of sp³-hybridized carbons (Fsp3) is 0.333. The molecular weight excluding hydrogens is 501 g/mol. The summed E-state index contributed by atoms with van der Waals surface area (Å²) in [7, 11) is -1.24. The van der Waals surface area contributed by atoms with Crippen LogP contribution in [0.5, 0.6) is 0 Å². The van der Waals surface area contributed by atoms with Crippen molar-refractivity contribution >= 4 is 53.8 Å². The number of amides is 3. The third kappa shape index (κ3) is 6.47. The Morgan fingerprint density at radius 2 is 1.90 bits per heavy atom. The zero-order valence-electron chi connectivity index (χ0n) is 21.9. The van der Waals surface area contributed by atoms with Gasteiger partial charge >= 0.3 is 13.2 Å². The van der Waals surface area contributed by atoms with Gasteiger partial charge in [0, 0.05) is 48.4 Å². The second kappa shape index (κ2) is 12.1. The number of nitrogens with two attached hydrogens (primary N) is 1. The highest BCUT2D eigenvalue weighted by Crippen LogP contribution is 2.29. The van der Waals surface area contributed by atoms with Crippen LogP contribution in [0.2, 0.25) is 0 Å². The summed E-state index contributed by atoms with van der Waals surface area (Å²) < 4.78 is 5.57. The first kappa shape index (κ1) is 27.9. The molecule has 0 bridgehead atoms. The highest BCUT2D eigenvalue weighted by Gasteiger charge is 2.35. The first-order valence-electron chi connectivity index (χ1n) is 12.9. The van der Waals surface area contributed by atoms with Crippen molar-refractivity contribution in [2.24, 2.45) is 10.7 Å². The van der Waals surface area contributed by atoms with E-state index >= 15 is 0 Å². The Bertz CT molecular complexity index is 1340. The van der Waals surface area contributed by atoms with Crippen LogP contribution < -0.4 is 21.8 Å². The molecule has 0 aromatic heterocycles. The molecule has 0 radical (unpaired) electrons.